The highest BCUT2D eigenvalue weighted by Gasteiger charge is 2.18. The molecular formula is C22H26ClN5O3. The number of anilines is 1. The molecule has 9 heteroatoms. The first kappa shape index (κ1) is 21.4. The molecule has 2 aliphatic heterocycles. The molecule has 1 amide bonds. The van der Waals surface area contributed by atoms with Crippen molar-refractivity contribution in [1.29, 1.82) is 0 Å². The van der Waals surface area contributed by atoms with Crippen LogP contribution in [0, 0.1) is 0 Å². The van der Waals surface area contributed by atoms with Crippen molar-refractivity contribution in [3.8, 4) is 11.5 Å². The minimum absolute atomic E-state index is 0.128. The van der Waals surface area contributed by atoms with Crippen molar-refractivity contribution in [2.24, 2.45) is 0 Å². The van der Waals surface area contributed by atoms with Gasteiger partial charge in [-0.1, -0.05) is 11.6 Å². The van der Waals surface area contributed by atoms with Crippen LogP contribution in [-0.4, -0.2) is 73.3 Å². The van der Waals surface area contributed by atoms with Crippen LogP contribution < -0.4 is 19.7 Å². The van der Waals surface area contributed by atoms with Crippen molar-refractivity contribution in [2.75, 3.05) is 57.4 Å². The number of amides is 1. The fourth-order valence-electron chi connectivity index (χ4n) is 3.60. The molecule has 0 unspecified atom stereocenters. The molecule has 0 bridgehead atoms. The molecule has 4 rings (SSSR count). The van der Waals surface area contributed by atoms with E-state index in [2.05, 4.69) is 25.1 Å². The van der Waals surface area contributed by atoms with Crippen molar-refractivity contribution < 1.29 is 14.3 Å². The normalized spacial score (nSPS) is 16.5. The van der Waals surface area contributed by atoms with E-state index < -0.39 is 0 Å². The average molecular weight is 444 g/mol. The van der Waals surface area contributed by atoms with Gasteiger partial charge >= 0.3 is 0 Å². The number of carbonyl (C=O) groups is 1. The Morgan fingerprint density at radius 3 is 2.71 bits per heavy atom. The first-order chi connectivity index (χ1) is 15.2. The summed E-state index contributed by atoms with van der Waals surface area (Å²) in [5, 5.41) is 3.41. The van der Waals surface area contributed by atoms with Crippen LogP contribution in [0.3, 0.4) is 0 Å². The van der Waals surface area contributed by atoms with Gasteiger partial charge in [-0.15, -0.1) is 0 Å². The second kappa shape index (κ2) is 10.5. The predicted molar refractivity (Wildman–Crippen MR) is 120 cm³/mol. The summed E-state index contributed by atoms with van der Waals surface area (Å²) in [6.07, 6.45) is 7.68. The number of hydrogen-bond acceptors (Lipinski definition) is 7. The monoisotopic (exact) mass is 443 g/mol. The molecule has 8 nitrogen and oxygen atoms in total. The van der Waals surface area contributed by atoms with Crippen LogP contribution in [-0.2, 0) is 4.79 Å². The second-order valence-corrected chi connectivity index (χ2v) is 7.79. The molecule has 0 radical (unpaired) electrons. The van der Waals surface area contributed by atoms with E-state index in [4.69, 9.17) is 21.1 Å². The number of benzene rings is 1. The molecule has 2 aromatic rings. The summed E-state index contributed by atoms with van der Waals surface area (Å²) in [5.74, 6) is 1.84. The van der Waals surface area contributed by atoms with Gasteiger partial charge in [0.1, 0.15) is 13.2 Å². The molecule has 2 aliphatic rings. The lowest BCUT2D eigenvalue weighted by atomic mass is 10.1. The van der Waals surface area contributed by atoms with E-state index in [1.54, 1.807) is 24.5 Å². The van der Waals surface area contributed by atoms with Gasteiger partial charge in [0.15, 0.2) is 11.5 Å². The first-order valence-electron chi connectivity index (χ1n) is 10.5. The van der Waals surface area contributed by atoms with Crippen LogP contribution in [0.5, 0.6) is 11.5 Å². The number of carbonyl (C=O) groups excluding carboxylic acids is 1. The molecule has 0 spiro atoms. The Morgan fingerprint density at radius 1 is 1.13 bits per heavy atom. The number of rotatable bonds is 7. The van der Waals surface area contributed by atoms with Crippen LogP contribution >= 0.6 is 11.6 Å². The maximum absolute atomic E-state index is 12.1. The van der Waals surface area contributed by atoms with E-state index >= 15 is 0 Å². The van der Waals surface area contributed by atoms with E-state index in [-0.39, 0.29) is 5.91 Å². The Hall–Kier alpha value is -2.84. The lowest BCUT2D eigenvalue weighted by Gasteiger charge is -2.34. The molecule has 1 N–H and O–H groups in total. The highest BCUT2D eigenvalue weighted by molar-refractivity contribution is 6.32. The summed E-state index contributed by atoms with van der Waals surface area (Å²) >= 11 is 6.23. The van der Waals surface area contributed by atoms with Crippen molar-refractivity contribution in [3.05, 3.63) is 47.3 Å². The van der Waals surface area contributed by atoms with Gasteiger partial charge in [-0.3, -0.25) is 9.69 Å². The van der Waals surface area contributed by atoms with Gasteiger partial charge in [0.25, 0.3) is 0 Å². The topological polar surface area (TPSA) is 79.8 Å². The van der Waals surface area contributed by atoms with Gasteiger partial charge in [-0.05, 0) is 42.8 Å². The summed E-state index contributed by atoms with van der Waals surface area (Å²) in [4.78, 5) is 25.3. The summed E-state index contributed by atoms with van der Waals surface area (Å²) < 4.78 is 11.1. The van der Waals surface area contributed by atoms with Crippen LogP contribution in [0.4, 0.5) is 5.95 Å². The van der Waals surface area contributed by atoms with Crippen molar-refractivity contribution in [1.82, 2.24) is 20.2 Å². The Morgan fingerprint density at radius 2 is 1.90 bits per heavy atom. The SMILES string of the molecule is O=C(/C=C/c1cc(Cl)c2c(c1)OCCO2)NCCCN1CCN(c2ncccn2)CC1. The smallest absolute Gasteiger partial charge is 0.243 e. The molecule has 1 aromatic heterocycles. The Kier molecular flexibility index (Phi) is 7.22. The van der Waals surface area contributed by atoms with Gasteiger partial charge < -0.3 is 19.7 Å². The molecule has 3 heterocycles. The predicted octanol–water partition coefficient (Wildman–Crippen LogP) is 2.24. The largest absolute Gasteiger partial charge is 0.486 e. The lowest BCUT2D eigenvalue weighted by molar-refractivity contribution is -0.116. The number of fused-ring (bicyclic) bond motifs is 1. The maximum atomic E-state index is 12.1. The van der Waals surface area contributed by atoms with E-state index in [0.29, 0.717) is 36.3 Å². The van der Waals surface area contributed by atoms with Crippen molar-refractivity contribution in [2.45, 2.75) is 6.42 Å². The van der Waals surface area contributed by atoms with Crippen LogP contribution in [0.15, 0.2) is 36.7 Å². The minimum Gasteiger partial charge on any atom is -0.486 e. The van der Waals surface area contributed by atoms with Gasteiger partial charge in [0, 0.05) is 51.2 Å². The standard InChI is InChI=1S/C22H26ClN5O3/c23-18-15-17(16-19-21(18)31-14-13-30-19)3-4-20(29)24-7-2-8-27-9-11-28(12-10-27)22-25-5-1-6-26-22/h1,3-6,15-16H,2,7-14H2,(H,24,29)/b4-3+. The van der Waals surface area contributed by atoms with E-state index in [1.807, 2.05) is 12.1 Å². The van der Waals surface area contributed by atoms with Crippen LogP contribution in [0.2, 0.25) is 5.02 Å². The fraction of sp³-hybridized carbons (Fsp3) is 0.409. The zero-order valence-corrected chi connectivity index (χ0v) is 18.1. The van der Waals surface area contributed by atoms with Crippen molar-refractivity contribution >= 4 is 29.5 Å². The van der Waals surface area contributed by atoms with Gasteiger partial charge in [-0.2, -0.15) is 0 Å². The molecule has 164 valence electrons. The Labute approximate surface area is 186 Å². The quantitative estimate of drug-likeness (QED) is 0.519. The molecule has 0 saturated carbocycles. The molecule has 31 heavy (non-hydrogen) atoms. The van der Waals surface area contributed by atoms with E-state index in [0.717, 1.165) is 50.7 Å². The zero-order chi connectivity index (χ0) is 21.5. The molecular weight excluding hydrogens is 418 g/mol. The summed E-state index contributed by atoms with van der Waals surface area (Å²) in [5.41, 5.74) is 0.796. The number of ether oxygens (including phenoxy) is 2. The maximum Gasteiger partial charge on any atom is 0.243 e. The van der Waals surface area contributed by atoms with Crippen LogP contribution in [0.1, 0.15) is 12.0 Å². The van der Waals surface area contributed by atoms with E-state index in [9.17, 15) is 4.79 Å². The molecule has 1 fully saturated rings. The third-order valence-electron chi connectivity index (χ3n) is 5.20. The molecule has 1 saturated heterocycles. The number of hydrogen-bond donors (Lipinski definition) is 1. The minimum atomic E-state index is -0.128. The number of nitrogens with zero attached hydrogens (tertiary/aromatic N) is 4. The third kappa shape index (κ3) is 5.86. The average Bonchev–Trinajstić information content (AvgIpc) is 2.81. The summed E-state index contributed by atoms with van der Waals surface area (Å²) in [7, 11) is 0. The second-order valence-electron chi connectivity index (χ2n) is 7.38. The summed E-state index contributed by atoms with van der Waals surface area (Å²) in [6, 6.07) is 5.41. The molecule has 0 atom stereocenters. The van der Waals surface area contributed by atoms with E-state index in [1.165, 1.54) is 6.08 Å². The lowest BCUT2D eigenvalue weighted by Crippen LogP contribution is -2.47. The van der Waals surface area contributed by atoms with Crippen LogP contribution in [0.25, 0.3) is 6.08 Å². The zero-order valence-electron chi connectivity index (χ0n) is 17.3. The van der Waals surface area contributed by atoms with Gasteiger partial charge in [0.05, 0.1) is 5.02 Å². The van der Waals surface area contributed by atoms with Gasteiger partial charge in [-0.25, -0.2) is 9.97 Å². The summed E-state index contributed by atoms with van der Waals surface area (Å²) in [6.45, 7) is 6.33. The molecule has 0 aliphatic carbocycles. The third-order valence-corrected chi connectivity index (χ3v) is 5.48. The first-order valence-corrected chi connectivity index (χ1v) is 10.9. The highest BCUT2D eigenvalue weighted by Crippen LogP contribution is 2.38. The highest BCUT2D eigenvalue weighted by atomic mass is 35.5. The van der Waals surface area contributed by atoms with Crippen molar-refractivity contribution in [3.63, 3.8) is 0 Å². The fourth-order valence-corrected chi connectivity index (χ4v) is 3.87. The Balaban J connectivity index is 1.15. The molecule has 1 aromatic carbocycles. The number of nitrogens with one attached hydrogen (secondary N) is 1. The number of halogens is 1. The number of piperazine rings is 1. The van der Waals surface area contributed by atoms with Gasteiger partial charge in [0.2, 0.25) is 11.9 Å². The Bertz CT molecular complexity index is 917. The number of aromatic nitrogens is 2.